The second kappa shape index (κ2) is 4.95. The molecule has 0 spiro atoms. The molecule has 1 aromatic heterocycles. The van der Waals surface area contributed by atoms with Crippen molar-refractivity contribution in [2.24, 2.45) is 5.41 Å². The molecule has 1 rings (SSSR count). The molecule has 1 aromatic rings. The molecule has 0 saturated heterocycles. The molecule has 4 heteroatoms. The Labute approximate surface area is 97.7 Å². The van der Waals surface area contributed by atoms with E-state index in [-0.39, 0.29) is 5.41 Å². The fourth-order valence-electron chi connectivity index (χ4n) is 1.42. The first-order chi connectivity index (χ1) is 7.38. The largest absolute Gasteiger partial charge is 0.391 e. The van der Waals surface area contributed by atoms with Gasteiger partial charge in [0.25, 0.3) is 0 Å². The number of rotatable bonds is 4. The zero-order chi connectivity index (χ0) is 12.3. The molecule has 0 aliphatic rings. The molecular weight excluding hydrogens is 202 g/mol. The van der Waals surface area contributed by atoms with Crippen LogP contribution in [-0.2, 0) is 19.4 Å². The smallest absolute Gasteiger partial charge is 0.150 e. The fourth-order valence-corrected chi connectivity index (χ4v) is 1.42. The average Bonchev–Trinajstić information content (AvgIpc) is 2.59. The summed E-state index contributed by atoms with van der Waals surface area (Å²) in [6.45, 7) is 10.7. The lowest BCUT2D eigenvalue weighted by Crippen LogP contribution is -2.31. The van der Waals surface area contributed by atoms with Crippen molar-refractivity contribution in [3.63, 3.8) is 0 Å². The van der Waals surface area contributed by atoms with Crippen molar-refractivity contribution >= 4 is 0 Å². The van der Waals surface area contributed by atoms with E-state index in [1.165, 1.54) is 0 Å². The van der Waals surface area contributed by atoms with Crippen LogP contribution in [0.2, 0.25) is 0 Å². The second-order valence-corrected chi connectivity index (χ2v) is 5.22. The Bertz CT molecular complexity index is 339. The number of aromatic nitrogens is 3. The highest BCUT2D eigenvalue weighted by atomic mass is 16.3. The summed E-state index contributed by atoms with van der Waals surface area (Å²) in [7, 11) is 0. The first-order valence-electron chi connectivity index (χ1n) is 5.99. The monoisotopic (exact) mass is 225 g/mol. The number of aliphatic hydroxyl groups excluding tert-OH is 1. The summed E-state index contributed by atoms with van der Waals surface area (Å²) in [5, 5.41) is 14.5. The second-order valence-electron chi connectivity index (χ2n) is 5.22. The van der Waals surface area contributed by atoms with Crippen molar-refractivity contribution in [3.05, 3.63) is 11.6 Å². The zero-order valence-corrected chi connectivity index (χ0v) is 11.0. The maximum absolute atomic E-state index is 10.1. The first kappa shape index (κ1) is 13.2. The molecule has 92 valence electrons. The van der Waals surface area contributed by atoms with Gasteiger partial charge in [0, 0.05) is 12.8 Å². The van der Waals surface area contributed by atoms with Crippen LogP contribution >= 0.6 is 0 Å². The molecule has 1 heterocycles. The Morgan fingerprint density at radius 3 is 2.31 bits per heavy atom. The number of hydrogen-bond acceptors (Lipinski definition) is 3. The molecule has 0 aliphatic heterocycles. The third-order valence-electron chi connectivity index (χ3n) is 2.77. The predicted molar refractivity (Wildman–Crippen MR) is 64.2 cm³/mol. The van der Waals surface area contributed by atoms with Crippen LogP contribution in [0.5, 0.6) is 0 Å². The van der Waals surface area contributed by atoms with E-state index in [0.717, 1.165) is 24.5 Å². The van der Waals surface area contributed by atoms with Gasteiger partial charge in [0.2, 0.25) is 0 Å². The van der Waals surface area contributed by atoms with Gasteiger partial charge >= 0.3 is 0 Å². The van der Waals surface area contributed by atoms with E-state index in [4.69, 9.17) is 0 Å². The summed E-state index contributed by atoms with van der Waals surface area (Å²) in [5.74, 6) is 1.82. The van der Waals surface area contributed by atoms with E-state index >= 15 is 0 Å². The van der Waals surface area contributed by atoms with E-state index in [2.05, 4.69) is 17.0 Å². The Balaban J connectivity index is 2.83. The third-order valence-corrected chi connectivity index (χ3v) is 2.77. The highest BCUT2D eigenvalue weighted by molar-refractivity contribution is 4.93. The predicted octanol–water partition coefficient (Wildman–Crippen LogP) is 1.81. The van der Waals surface area contributed by atoms with Gasteiger partial charge in [-0.15, -0.1) is 0 Å². The molecule has 16 heavy (non-hydrogen) atoms. The zero-order valence-electron chi connectivity index (χ0n) is 11.0. The quantitative estimate of drug-likeness (QED) is 0.850. The van der Waals surface area contributed by atoms with Gasteiger partial charge in [0.1, 0.15) is 5.82 Å². The van der Waals surface area contributed by atoms with E-state index in [1.807, 2.05) is 32.4 Å². The maximum Gasteiger partial charge on any atom is 0.150 e. The van der Waals surface area contributed by atoms with Gasteiger partial charge < -0.3 is 5.11 Å². The van der Waals surface area contributed by atoms with E-state index in [0.29, 0.717) is 6.54 Å². The first-order valence-corrected chi connectivity index (χ1v) is 5.99. The minimum atomic E-state index is -0.399. The van der Waals surface area contributed by atoms with Crippen molar-refractivity contribution in [2.75, 3.05) is 0 Å². The van der Waals surface area contributed by atoms with E-state index in [1.54, 1.807) is 0 Å². The summed E-state index contributed by atoms with van der Waals surface area (Å²) in [5.41, 5.74) is -0.122. The number of hydrogen-bond donors (Lipinski definition) is 1. The van der Waals surface area contributed by atoms with Crippen LogP contribution in [0.4, 0.5) is 0 Å². The lowest BCUT2D eigenvalue weighted by atomic mass is 9.89. The normalized spacial score (nSPS) is 14.1. The summed E-state index contributed by atoms with van der Waals surface area (Å²) in [6, 6.07) is 0. The van der Waals surface area contributed by atoms with Crippen LogP contribution in [0, 0.1) is 5.41 Å². The van der Waals surface area contributed by atoms with E-state index in [9.17, 15) is 5.11 Å². The summed E-state index contributed by atoms with van der Waals surface area (Å²) >= 11 is 0. The topological polar surface area (TPSA) is 50.9 Å². The number of nitrogens with zero attached hydrogens (tertiary/aromatic N) is 3. The van der Waals surface area contributed by atoms with Gasteiger partial charge in [-0.1, -0.05) is 34.6 Å². The van der Waals surface area contributed by atoms with Gasteiger partial charge in [0.05, 0.1) is 12.6 Å². The van der Waals surface area contributed by atoms with Crippen molar-refractivity contribution < 1.29 is 5.11 Å². The minimum Gasteiger partial charge on any atom is -0.391 e. The molecule has 1 atom stereocenters. The van der Waals surface area contributed by atoms with Crippen LogP contribution in [0.25, 0.3) is 0 Å². The van der Waals surface area contributed by atoms with Gasteiger partial charge in [-0.3, -0.25) is 0 Å². The van der Waals surface area contributed by atoms with Gasteiger partial charge in [-0.25, -0.2) is 9.67 Å². The molecule has 0 bridgehead atoms. The van der Waals surface area contributed by atoms with Gasteiger partial charge in [-0.2, -0.15) is 5.10 Å². The molecule has 0 saturated carbocycles. The minimum absolute atomic E-state index is 0.122. The molecule has 4 nitrogen and oxygen atoms in total. The summed E-state index contributed by atoms with van der Waals surface area (Å²) < 4.78 is 1.84. The molecule has 0 fully saturated rings. The van der Waals surface area contributed by atoms with Crippen molar-refractivity contribution in [3.8, 4) is 0 Å². The molecule has 0 aliphatic carbocycles. The molecule has 0 amide bonds. The van der Waals surface area contributed by atoms with Gasteiger partial charge in [-0.05, 0) is 5.41 Å². The molecular formula is C12H23N3O. The van der Waals surface area contributed by atoms with E-state index < -0.39 is 6.10 Å². The Morgan fingerprint density at radius 2 is 1.88 bits per heavy atom. The molecule has 0 aromatic carbocycles. The lowest BCUT2D eigenvalue weighted by Gasteiger charge is -2.25. The van der Waals surface area contributed by atoms with Crippen LogP contribution in [-0.4, -0.2) is 26.0 Å². The highest BCUT2D eigenvalue weighted by Gasteiger charge is 2.23. The standard InChI is InChI=1S/C12H23N3O/c1-6-10-13-11(7-2)15(14-10)8-9(16)12(3,4)5/h9,16H,6-8H2,1-5H3. The molecule has 0 radical (unpaired) electrons. The number of aliphatic hydroxyl groups is 1. The highest BCUT2D eigenvalue weighted by Crippen LogP contribution is 2.20. The third kappa shape index (κ3) is 3.04. The van der Waals surface area contributed by atoms with Crippen LogP contribution in [0.15, 0.2) is 0 Å². The maximum atomic E-state index is 10.1. The average molecular weight is 225 g/mol. The summed E-state index contributed by atoms with van der Waals surface area (Å²) in [6.07, 6.45) is 1.29. The molecule has 1 N–H and O–H groups in total. The van der Waals surface area contributed by atoms with Crippen LogP contribution < -0.4 is 0 Å². The fraction of sp³-hybridized carbons (Fsp3) is 0.833. The van der Waals surface area contributed by atoms with Gasteiger partial charge in [0.15, 0.2) is 5.82 Å². The lowest BCUT2D eigenvalue weighted by molar-refractivity contribution is 0.0442. The van der Waals surface area contributed by atoms with Crippen molar-refractivity contribution in [1.29, 1.82) is 0 Å². The van der Waals surface area contributed by atoms with Crippen LogP contribution in [0.3, 0.4) is 0 Å². The summed E-state index contributed by atoms with van der Waals surface area (Å²) in [4.78, 5) is 4.42. The van der Waals surface area contributed by atoms with Crippen molar-refractivity contribution in [2.45, 2.75) is 60.1 Å². The Morgan fingerprint density at radius 1 is 1.25 bits per heavy atom. The van der Waals surface area contributed by atoms with Crippen LogP contribution in [0.1, 0.15) is 46.3 Å². The number of aryl methyl sites for hydroxylation is 2. The Hall–Kier alpha value is -0.900. The van der Waals surface area contributed by atoms with Crippen molar-refractivity contribution in [1.82, 2.24) is 14.8 Å². The molecule has 1 unspecified atom stereocenters. The Kier molecular flexibility index (Phi) is 4.08. The SMILES string of the molecule is CCc1nc(CC)n(CC(O)C(C)(C)C)n1.